The third-order valence-electron chi connectivity index (χ3n) is 4.69. The number of rotatable bonds is 7. The van der Waals surface area contributed by atoms with Crippen molar-refractivity contribution < 1.29 is 5.11 Å². The molecule has 1 unspecified atom stereocenters. The summed E-state index contributed by atoms with van der Waals surface area (Å²) in [5.74, 6) is 0.673. The summed E-state index contributed by atoms with van der Waals surface area (Å²) in [6.07, 6.45) is 3.27. The lowest BCUT2D eigenvalue weighted by Crippen LogP contribution is -2.39. The number of benzene rings is 1. The molecule has 1 aliphatic carbocycles. The Labute approximate surface area is 110 Å². The van der Waals surface area contributed by atoms with Crippen molar-refractivity contribution in [3.8, 4) is 0 Å². The molecule has 2 N–H and O–H groups in total. The highest BCUT2D eigenvalue weighted by Gasteiger charge is 2.28. The van der Waals surface area contributed by atoms with E-state index in [4.69, 9.17) is 0 Å². The lowest BCUT2D eigenvalue weighted by Gasteiger charge is -2.34. The molecule has 0 radical (unpaired) electrons. The molecule has 18 heavy (non-hydrogen) atoms. The van der Waals surface area contributed by atoms with Gasteiger partial charge in [-0.3, -0.25) is 0 Å². The Morgan fingerprint density at radius 2 is 2.00 bits per heavy atom. The first-order valence-corrected chi connectivity index (χ1v) is 7.14. The predicted octanol–water partition coefficient (Wildman–Crippen LogP) is 2.71. The second-order valence-electron chi connectivity index (χ2n) is 5.60. The van der Waals surface area contributed by atoms with Crippen LogP contribution in [-0.4, -0.2) is 24.8 Å². The van der Waals surface area contributed by atoms with E-state index in [1.807, 2.05) is 0 Å². The predicted molar refractivity (Wildman–Crippen MR) is 75.9 cm³/mol. The normalized spacial score (nSPS) is 18.3. The second kappa shape index (κ2) is 5.85. The molecule has 1 aromatic rings. The molecule has 2 nitrogen and oxygen atoms in total. The molecule has 0 aliphatic heterocycles. The Balaban J connectivity index is 1.81. The second-order valence-corrected chi connectivity index (χ2v) is 5.60. The van der Waals surface area contributed by atoms with E-state index < -0.39 is 0 Å². The fraction of sp³-hybridized carbons (Fsp3) is 0.625. The quantitative estimate of drug-likeness (QED) is 0.776. The standard InChI is InChI=1S/C16H25NO/c1-3-16(4-2,12-18)11-17-10-14-9-13-7-5-6-8-15(13)14/h5-8,14,17-18H,3-4,9-12H2,1-2H3. The molecule has 1 aromatic carbocycles. The summed E-state index contributed by atoms with van der Waals surface area (Å²) in [6, 6.07) is 8.71. The van der Waals surface area contributed by atoms with Gasteiger partial charge in [-0.1, -0.05) is 38.1 Å². The van der Waals surface area contributed by atoms with E-state index in [0.29, 0.717) is 5.92 Å². The molecular weight excluding hydrogens is 222 g/mol. The molecular formula is C16H25NO. The van der Waals surface area contributed by atoms with Gasteiger partial charge in [-0.25, -0.2) is 0 Å². The zero-order valence-electron chi connectivity index (χ0n) is 11.6. The highest BCUT2D eigenvalue weighted by atomic mass is 16.3. The van der Waals surface area contributed by atoms with Crippen LogP contribution in [0.2, 0.25) is 0 Å². The molecule has 1 atom stereocenters. The SMILES string of the molecule is CCC(CC)(CO)CNCC1Cc2ccccc21. The van der Waals surface area contributed by atoms with Crippen LogP contribution < -0.4 is 5.32 Å². The van der Waals surface area contributed by atoms with Crippen LogP contribution in [0, 0.1) is 5.41 Å². The lowest BCUT2D eigenvalue weighted by molar-refractivity contribution is 0.112. The van der Waals surface area contributed by atoms with Gasteiger partial charge in [-0.15, -0.1) is 0 Å². The maximum absolute atomic E-state index is 9.53. The third-order valence-corrected chi connectivity index (χ3v) is 4.69. The first-order chi connectivity index (χ1) is 8.74. The fourth-order valence-electron chi connectivity index (χ4n) is 2.84. The average Bonchev–Trinajstić information content (AvgIpc) is 2.40. The van der Waals surface area contributed by atoms with Crippen LogP contribution in [0.5, 0.6) is 0 Å². The van der Waals surface area contributed by atoms with Gasteiger partial charge >= 0.3 is 0 Å². The molecule has 0 fully saturated rings. The molecule has 0 aromatic heterocycles. The maximum Gasteiger partial charge on any atom is 0.0499 e. The number of hydrogen-bond donors (Lipinski definition) is 2. The van der Waals surface area contributed by atoms with Crippen LogP contribution in [0.1, 0.15) is 43.7 Å². The monoisotopic (exact) mass is 247 g/mol. The minimum atomic E-state index is 0.0727. The molecule has 1 aliphatic rings. The summed E-state index contributed by atoms with van der Waals surface area (Å²) in [5.41, 5.74) is 3.08. The summed E-state index contributed by atoms with van der Waals surface area (Å²) in [5, 5.41) is 13.1. The highest BCUT2D eigenvalue weighted by Crippen LogP contribution is 2.34. The molecule has 100 valence electrons. The third kappa shape index (κ3) is 2.60. The van der Waals surface area contributed by atoms with Crippen LogP contribution in [0.25, 0.3) is 0 Å². The van der Waals surface area contributed by atoms with Gasteiger partial charge in [0.15, 0.2) is 0 Å². The Hall–Kier alpha value is -0.860. The van der Waals surface area contributed by atoms with Crippen LogP contribution >= 0.6 is 0 Å². The number of aliphatic hydroxyl groups is 1. The molecule has 0 amide bonds. The molecule has 0 saturated heterocycles. The van der Waals surface area contributed by atoms with Gasteiger partial charge in [0, 0.05) is 31.0 Å². The Morgan fingerprint density at radius 3 is 2.61 bits per heavy atom. The summed E-state index contributed by atoms with van der Waals surface area (Å²) in [7, 11) is 0. The van der Waals surface area contributed by atoms with Gasteiger partial charge in [0.2, 0.25) is 0 Å². The Kier molecular flexibility index (Phi) is 4.41. The van der Waals surface area contributed by atoms with Crippen molar-refractivity contribution in [2.75, 3.05) is 19.7 Å². The zero-order valence-corrected chi connectivity index (χ0v) is 11.6. The summed E-state index contributed by atoms with van der Waals surface area (Å²) in [4.78, 5) is 0. The topological polar surface area (TPSA) is 32.3 Å². The van der Waals surface area contributed by atoms with Gasteiger partial charge in [-0.2, -0.15) is 0 Å². The number of nitrogens with one attached hydrogen (secondary N) is 1. The highest BCUT2D eigenvalue weighted by molar-refractivity contribution is 5.40. The van der Waals surface area contributed by atoms with E-state index in [1.54, 1.807) is 0 Å². The van der Waals surface area contributed by atoms with E-state index in [9.17, 15) is 5.11 Å². The van der Waals surface area contributed by atoms with Gasteiger partial charge in [0.1, 0.15) is 0 Å². The molecule has 0 bridgehead atoms. The summed E-state index contributed by atoms with van der Waals surface area (Å²) < 4.78 is 0. The molecule has 2 heteroatoms. The number of aliphatic hydroxyl groups excluding tert-OH is 1. The molecule has 0 saturated carbocycles. The number of fused-ring (bicyclic) bond motifs is 1. The average molecular weight is 247 g/mol. The maximum atomic E-state index is 9.53. The van der Waals surface area contributed by atoms with Crippen molar-refractivity contribution in [2.24, 2.45) is 5.41 Å². The largest absolute Gasteiger partial charge is 0.396 e. The van der Waals surface area contributed by atoms with Crippen LogP contribution in [0.3, 0.4) is 0 Å². The van der Waals surface area contributed by atoms with E-state index >= 15 is 0 Å². The fourth-order valence-corrected chi connectivity index (χ4v) is 2.84. The minimum Gasteiger partial charge on any atom is -0.396 e. The van der Waals surface area contributed by atoms with Crippen LogP contribution in [0.4, 0.5) is 0 Å². The van der Waals surface area contributed by atoms with Crippen LogP contribution in [-0.2, 0) is 6.42 Å². The van der Waals surface area contributed by atoms with E-state index in [0.717, 1.165) is 25.9 Å². The van der Waals surface area contributed by atoms with Crippen molar-refractivity contribution in [1.82, 2.24) is 5.32 Å². The smallest absolute Gasteiger partial charge is 0.0499 e. The van der Waals surface area contributed by atoms with Crippen molar-refractivity contribution >= 4 is 0 Å². The van der Waals surface area contributed by atoms with Crippen LogP contribution in [0.15, 0.2) is 24.3 Å². The minimum absolute atomic E-state index is 0.0727. The van der Waals surface area contributed by atoms with Crippen molar-refractivity contribution in [3.63, 3.8) is 0 Å². The van der Waals surface area contributed by atoms with E-state index in [2.05, 4.69) is 43.4 Å². The zero-order chi connectivity index (χ0) is 13.0. The van der Waals surface area contributed by atoms with Crippen molar-refractivity contribution in [2.45, 2.75) is 39.0 Å². The van der Waals surface area contributed by atoms with Crippen molar-refractivity contribution in [1.29, 1.82) is 0 Å². The molecule has 0 heterocycles. The van der Waals surface area contributed by atoms with Gasteiger partial charge in [-0.05, 0) is 30.4 Å². The van der Waals surface area contributed by atoms with Gasteiger partial charge < -0.3 is 10.4 Å². The molecule has 0 spiro atoms. The van der Waals surface area contributed by atoms with E-state index in [-0.39, 0.29) is 12.0 Å². The summed E-state index contributed by atoms with van der Waals surface area (Å²) in [6.45, 7) is 6.59. The Bertz CT molecular complexity index is 376. The first kappa shape index (κ1) is 13.6. The lowest BCUT2D eigenvalue weighted by atomic mass is 9.77. The summed E-state index contributed by atoms with van der Waals surface area (Å²) >= 11 is 0. The Morgan fingerprint density at radius 1 is 1.28 bits per heavy atom. The van der Waals surface area contributed by atoms with Crippen molar-refractivity contribution in [3.05, 3.63) is 35.4 Å². The van der Waals surface area contributed by atoms with Gasteiger partial charge in [0.05, 0.1) is 0 Å². The van der Waals surface area contributed by atoms with Gasteiger partial charge in [0.25, 0.3) is 0 Å². The number of hydrogen-bond acceptors (Lipinski definition) is 2. The molecule has 2 rings (SSSR count). The van der Waals surface area contributed by atoms with E-state index in [1.165, 1.54) is 17.5 Å². The first-order valence-electron chi connectivity index (χ1n) is 7.14.